The van der Waals surface area contributed by atoms with Crippen molar-refractivity contribution in [1.82, 2.24) is 0 Å². The fourth-order valence-corrected chi connectivity index (χ4v) is 2.40. The van der Waals surface area contributed by atoms with Gasteiger partial charge < -0.3 is 5.11 Å². The second kappa shape index (κ2) is 5.47. The van der Waals surface area contributed by atoms with Crippen LogP contribution in [0.5, 0.6) is 0 Å². The molecule has 0 radical (unpaired) electrons. The number of halogens is 4. The first-order valence-corrected chi connectivity index (χ1v) is 6.66. The summed E-state index contributed by atoms with van der Waals surface area (Å²) in [5, 5.41) is 10.1. The molecule has 0 aliphatic carbocycles. The second-order valence-corrected chi connectivity index (χ2v) is 5.48. The molecule has 0 saturated carbocycles. The maximum Gasteiger partial charge on any atom is 0.146 e. The Balaban J connectivity index is 2.52. The van der Waals surface area contributed by atoms with Crippen molar-refractivity contribution >= 4 is 31.9 Å². The van der Waals surface area contributed by atoms with Crippen LogP contribution in [-0.4, -0.2) is 5.11 Å². The number of hydrogen-bond donors (Lipinski definition) is 1. The Morgan fingerprint density at radius 1 is 1.06 bits per heavy atom. The predicted octanol–water partition coefficient (Wildman–Crippen LogP) is 4.57. The standard InChI is InChI=1S/C13H8Br2F2O/c14-8-3-1-2-7(6-8)13(18)11-10(16)5-4-9(15)12(11)17/h1-6,13,18H. The monoisotopic (exact) mass is 376 g/mol. The minimum absolute atomic E-state index is 0.118. The van der Waals surface area contributed by atoms with Crippen molar-refractivity contribution in [3.63, 3.8) is 0 Å². The fraction of sp³-hybridized carbons (Fsp3) is 0.0769. The zero-order chi connectivity index (χ0) is 13.3. The van der Waals surface area contributed by atoms with Gasteiger partial charge in [0.1, 0.15) is 17.7 Å². The third-order valence-electron chi connectivity index (χ3n) is 2.52. The Morgan fingerprint density at radius 2 is 1.78 bits per heavy atom. The van der Waals surface area contributed by atoms with Gasteiger partial charge in [0.15, 0.2) is 0 Å². The molecule has 0 heterocycles. The molecule has 0 spiro atoms. The zero-order valence-corrected chi connectivity index (χ0v) is 12.2. The second-order valence-electron chi connectivity index (χ2n) is 3.71. The van der Waals surface area contributed by atoms with Crippen LogP contribution < -0.4 is 0 Å². The van der Waals surface area contributed by atoms with E-state index in [2.05, 4.69) is 31.9 Å². The lowest BCUT2D eigenvalue weighted by Gasteiger charge is -2.14. The Kier molecular flexibility index (Phi) is 4.14. The highest BCUT2D eigenvalue weighted by Gasteiger charge is 2.21. The lowest BCUT2D eigenvalue weighted by atomic mass is 10.0. The van der Waals surface area contributed by atoms with Crippen molar-refractivity contribution in [2.24, 2.45) is 0 Å². The highest BCUT2D eigenvalue weighted by molar-refractivity contribution is 9.10. The number of benzene rings is 2. The van der Waals surface area contributed by atoms with E-state index >= 15 is 0 Å². The van der Waals surface area contributed by atoms with Gasteiger partial charge in [0.25, 0.3) is 0 Å². The van der Waals surface area contributed by atoms with Crippen LogP contribution in [0.25, 0.3) is 0 Å². The highest BCUT2D eigenvalue weighted by Crippen LogP contribution is 2.31. The highest BCUT2D eigenvalue weighted by atomic mass is 79.9. The number of aliphatic hydroxyl groups excluding tert-OH is 1. The van der Waals surface area contributed by atoms with Crippen LogP contribution in [-0.2, 0) is 0 Å². The Morgan fingerprint density at radius 3 is 2.44 bits per heavy atom. The normalized spacial score (nSPS) is 12.5. The Labute approximate surface area is 120 Å². The number of rotatable bonds is 2. The molecule has 0 amide bonds. The third kappa shape index (κ3) is 2.63. The van der Waals surface area contributed by atoms with Crippen molar-refractivity contribution < 1.29 is 13.9 Å². The van der Waals surface area contributed by atoms with E-state index in [9.17, 15) is 13.9 Å². The summed E-state index contributed by atoms with van der Waals surface area (Å²) in [6.45, 7) is 0. The predicted molar refractivity (Wildman–Crippen MR) is 72.3 cm³/mol. The van der Waals surface area contributed by atoms with Gasteiger partial charge in [-0.1, -0.05) is 28.1 Å². The molecule has 1 unspecified atom stereocenters. The van der Waals surface area contributed by atoms with Crippen molar-refractivity contribution in [2.75, 3.05) is 0 Å². The van der Waals surface area contributed by atoms with Crippen LogP contribution in [0.15, 0.2) is 45.3 Å². The minimum atomic E-state index is -1.35. The van der Waals surface area contributed by atoms with Gasteiger partial charge in [0, 0.05) is 4.47 Å². The van der Waals surface area contributed by atoms with Gasteiger partial charge >= 0.3 is 0 Å². The van der Waals surface area contributed by atoms with Gasteiger partial charge in [-0.05, 0) is 45.8 Å². The summed E-state index contributed by atoms with van der Waals surface area (Å²) in [5.41, 5.74) is 0.0581. The molecular formula is C13H8Br2F2O. The topological polar surface area (TPSA) is 20.2 Å². The maximum absolute atomic E-state index is 13.8. The molecule has 18 heavy (non-hydrogen) atoms. The van der Waals surface area contributed by atoms with Crippen LogP contribution in [0.1, 0.15) is 17.2 Å². The SMILES string of the molecule is OC(c1cccc(Br)c1)c1c(F)ccc(Br)c1F. The van der Waals surface area contributed by atoms with E-state index in [1.807, 2.05) is 0 Å². The first-order chi connectivity index (χ1) is 8.50. The Hall–Kier alpha value is -0.780. The van der Waals surface area contributed by atoms with Gasteiger partial charge in [0.05, 0.1) is 10.0 Å². The van der Waals surface area contributed by atoms with Gasteiger partial charge in [-0.2, -0.15) is 0 Å². The number of hydrogen-bond acceptors (Lipinski definition) is 1. The average molecular weight is 378 g/mol. The van der Waals surface area contributed by atoms with Gasteiger partial charge in [-0.15, -0.1) is 0 Å². The summed E-state index contributed by atoms with van der Waals surface area (Å²) in [6, 6.07) is 9.06. The zero-order valence-electron chi connectivity index (χ0n) is 9.00. The summed E-state index contributed by atoms with van der Waals surface area (Å²) in [5.74, 6) is -1.56. The van der Waals surface area contributed by atoms with Crippen LogP contribution in [0.3, 0.4) is 0 Å². The van der Waals surface area contributed by atoms with Crippen LogP contribution >= 0.6 is 31.9 Å². The summed E-state index contributed by atoms with van der Waals surface area (Å²) >= 11 is 6.22. The molecule has 0 bridgehead atoms. The molecule has 0 fully saturated rings. The summed E-state index contributed by atoms with van der Waals surface area (Å²) in [6.07, 6.45) is -1.35. The molecule has 1 atom stereocenters. The third-order valence-corrected chi connectivity index (χ3v) is 3.62. The van der Waals surface area contributed by atoms with Crippen molar-refractivity contribution in [1.29, 1.82) is 0 Å². The lowest BCUT2D eigenvalue weighted by molar-refractivity contribution is 0.208. The molecule has 2 aromatic carbocycles. The van der Waals surface area contributed by atoms with Crippen LogP contribution in [0.2, 0.25) is 0 Å². The quantitative estimate of drug-likeness (QED) is 0.760. The van der Waals surface area contributed by atoms with E-state index in [-0.39, 0.29) is 10.0 Å². The maximum atomic E-state index is 13.8. The summed E-state index contributed by atoms with van der Waals surface area (Å²) in [7, 11) is 0. The number of aliphatic hydroxyl groups is 1. The molecule has 2 rings (SSSR count). The molecule has 1 N–H and O–H groups in total. The molecule has 2 aromatic rings. The average Bonchev–Trinajstić information content (AvgIpc) is 2.34. The van der Waals surface area contributed by atoms with E-state index in [0.29, 0.717) is 5.56 Å². The van der Waals surface area contributed by atoms with Crippen molar-refractivity contribution in [2.45, 2.75) is 6.10 Å². The molecular weight excluding hydrogens is 370 g/mol. The van der Waals surface area contributed by atoms with Crippen molar-refractivity contribution in [3.8, 4) is 0 Å². The van der Waals surface area contributed by atoms with Crippen LogP contribution in [0.4, 0.5) is 8.78 Å². The molecule has 5 heteroatoms. The van der Waals surface area contributed by atoms with Gasteiger partial charge in [-0.25, -0.2) is 8.78 Å². The van der Waals surface area contributed by atoms with E-state index in [0.717, 1.165) is 10.5 Å². The largest absolute Gasteiger partial charge is 0.383 e. The van der Waals surface area contributed by atoms with E-state index in [1.165, 1.54) is 6.07 Å². The van der Waals surface area contributed by atoms with Gasteiger partial charge in [0.2, 0.25) is 0 Å². The van der Waals surface area contributed by atoms with E-state index in [4.69, 9.17) is 0 Å². The first-order valence-electron chi connectivity index (χ1n) is 5.07. The van der Waals surface area contributed by atoms with Gasteiger partial charge in [-0.3, -0.25) is 0 Å². The molecule has 0 aromatic heterocycles. The first kappa shape index (κ1) is 13.6. The minimum Gasteiger partial charge on any atom is -0.383 e. The molecule has 94 valence electrons. The molecule has 0 aliphatic heterocycles. The van der Waals surface area contributed by atoms with E-state index in [1.54, 1.807) is 24.3 Å². The molecule has 1 nitrogen and oxygen atoms in total. The molecule has 0 aliphatic rings. The van der Waals surface area contributed by atoms with Crippen LogP contribution in [0, 0.1) is 11.6 Å². The summed E-state index contributed by atoms with van der Waals surface area (Å²) < 4.78 is 28.3. The van der Waals surface area contributed by atoms with E-state index < -0.39 is 17.7 Å². The molecule has 0 saturated heterocycles. The van der Waals surface area contributed by atoms with Crippen molar-refractivity contribution in [3.05, 3.63) is 68.1 Å². The lowest BCUT2D eigenvalue weighted by Crippen LogP contribution is -2.06. The summed E-state index contributed by atoms with van der Waals surface area (Å²) in [4.78, 5) is 0. The fourth-order valence-electron chi connectivity index (χ4n) is 1.64. The Bertz CT molecular complexity index is 587. The smallest absolute Gasteiger partial charge is 0.146 e.